The summed E-state index contributed by atoms with van der Waals surface area (Å²) in [5.41, 5.74) is 2.39. The number of aryl methyl sites for hydroxylation is 2. The molecule has 2 rings (SSSR count). The Balaban J connectivity index is 2.24. The third-order valence-electron chi connectivity index (χ3n) is 2.56. The monoisotopic (exact) mass is 240 g/mol. The lowest BCUT2D eigenvalue weighted by atomic mass is 10.1. The van der Waals surface area contributed by atoms with Gasteiger partial charge in [0.1, 0.15) is 0 Å². The van der Waals surface area contributed by atoms with Gasteiger partial charge in [-0.15, -0.1) is 0 Å². The van der Waals surface area contributed by atoms with Crippen molar-refractivity contribution >= 4 is 11.6 Å². The molecule has 1 aromatic heterocycles. The molecule has 0 bridgehead atoms. The summed E-state index contributed by atoms with van der Waals surface area (Å²) in [5, 5.41) is 15.6. The van der Waals surface area contributed by atoms with Crippen LogP contribution in [-0.4, -0.2) is 15.7 Å². The summed E-state index contributed by atoms with van der Waals surface area (Å²) in [6.07, 6.45) is 1.70. The van der Waals surface area contributed by atoms with E-state index in [1.54, 1.807) is 42.2 Å². The minimum atomic E-state index is -0.284. The third kappa shape index (κ3) is 2.38. The van der Waals surface area contributed by atoms with Crippen LogP contribution in [0.3, 0.4) is 0 Å². The molecule has 5 heteroatoms. The average Bonchev–Trinajstić information content (AvgIpc) is 2.79. The molecule has 1 aromatic carbocycles. The van der Waals surface area contributed by atoms with E-state index in [0.717, 1.165) is 5.56 Å². The second-order valence-electron chi connectivity index (χ2n) is 3.97. The Morgan fingerprint density at radius 3 is 2.83 bits per heavy atom. The number of carbonyl (C=O) groups excluding carboxylic acids is 1. The maximum Gasteiger partial charge on any atom is 0.276 e. The van der Waals surface area contributed by atoms with Crippen molar-refractivity contribution in [2.75, 3.05) is 5.32 Å². The van der Waals surface area contributed by atoms with Crippen LogP contribution in [0.1, 0.15) is 21.6 Å². The molecular formula is C13H12N4O. The van der Waals surface area contributed by atoms with Crippen LogP contribution in [0.4, 0.5) is 5.69 Å². The molecule has 0 saturated heterocycles. The van der Waals surface area contributed by atoms with E-state index in [1.165, 1.54) is 0 Å². The number of benzene rings is 1. The zero-order chi connectivity index (χ0) is 13.1. The Kier molecular flexibility index (Phi) is 3.11. The number of nitrogens with zero attached hydrogens (tertiary/aromatic N) is 3. The highest BCUT2D eigenvalue weighted by Gasteiger charge is 2.10. The highest BCUT2D eigenvalue weighted by Crippen LogP contribution is 2.17. The first-order valence-corrected chi connectivity index (χ1v) is 5.42. The molecule has 0 atom stereocenters. The van der Waals surface area contributed by atoms with Crippen LogP contribution in [0.25, 0.3) is 0 Å². The van der Waals surface area contributed by atoms with Crippen LogP contribution >= 0.6 is 0 Å². The molecule has 0 fully saturated rings. The SMILES string of the molecule is Cc1ccc(C#N)cc1NC(=O)c1ccn(C)n1. The predicted octanol–water partition coefficient (Wildman–Crippen LogP) is 1.85. The minimum absolute atomic E-state index is 0.284. The van der Waals surface area contributed by atoms with Gasteiger partial charge in [-0.25, -0.2) is 0 Å². The standard InChI is InChI=1S/C13H12N4O/c1-9-3-4-10(8-14)7-12(9)15-13(18)11-5-6-17(2)16-11/h3-7H,1-2H3,(H,15,18). The van der Waals surface area contributed by atoms with Crippen LogP contribution in [-0.2, 0) is 7.05 Å². The maximum atomic E-state index is 11.9. The number of carbonyl (C=O) groups is 1. The fraction of sp³-hybridized carbons (Fsp3) is 0.154. The van der Waals surface area contributed by atoms with Gasteiger partial charge in [0.25, 0.3) is 5.91 Å². The molecule has 0 radical (unpaired) electrons. The highest BCUT2D eigenvalue weighted by molar-refractivity contribution is 6.03. The Morgan fingerprint density at radius 1 is 1.44 bits per heavy atom. The smallest absolute Gasteiger partial charge is 0.276 e. The van der Waals surface area contributed by atoms with Gasteiger partial charge in [0.15, 0.2) is 5.69 Å². The molecule has 0 aliphatic rings. The molecule has 0 aliphatic heterocycles. The summed E-state index contributed by atoms with van der Waals surface area (Å²) in [6, 6.07) is 8.84. The third-order valence-corrected chi connectivity index (χ3v) is 2.56. The quantitative estimate of drug-likeness (QED) is 0.870. The first kappa shape index (κ1) is 11.9. The number of aromatic nitrogens is 2. The molecule has 1 heterocycles. The van der Waals surface area contributed by atoms with E-state index in [9.17, 15) is 4.79 Å². The minimum Gasteiger partial charge on any atom is -0.320 e. The summed E-state index contributed by atoms with van der Waals surface area (Å²) >= 11 is 0. The number of hydrogen-bond donors (Lipinski definition) is 1. The molecule has 90 valence electrons. The summed E-state index contributed by atoms with van der Waals surface area (Å²) in [5.74, 6) is -0.284. The van der Waals surface area contributed by atoms with Crippen molar-refractivity contribution in [1.82, 2.24) is 9.78 Å². The van der Waals surface area contributed by atoms with Crippen molar-refractivity contribution in [3.8, 4) is 6.07 Å². The molecule has 2 aromatic rings. The van der Waals surface area contributed by atoms with Gasteiger partial charge < -0.3 is 5.32 Å². The zero-order valence-corrected chi connectivity index (χ0v) is 10.1. The van der Waals surface area contributed by atoms with Gasteiger partial charge in [-0.2, -0.15) is 10.4 Å². The zero-order valence-electron chi connectivity index (χ0n) is 10.1. The second kappa shape index (κ2) is 4.72. The van der Waals surface area contributed by atoms with E-state index >= 15 is 0 Å². The van der Waals surface area contributed by atoms with E-state index in [-0.39, 0.29) is 5.91 Å². The highest BCUT2D eigenvalue weighted by atomic mass is 16.1. The van der Waals surface area contributed by atoms with Gasteiger partial charge in [0, 0.05) is 18.9 Å². The second-order valence-corrected chi connectivity index (χ2v) is 3.97. The predicted molar refractivity (Wildman–Crippen MR) is 67.1 cm³/mol. The van der Waals surface area contributed by atoms with Gasteiger partial charge in [0.2, 0.25) is 0 Å². The van der Waals surface area contributed by atoms with E-state index in [4.69, 9.17) is 5.26 Å². The summed E-state index contributed by atoms with van der Waals surface area (Å²) in [7, 11) is 1.75. The van der Waals surface area contributed by atoms with E-state index in [2.05, 4.69) is 10.4 Å². The average molecular weight is 240 g/mol. The van der Waals surface area contributed by atoms with Crippen molar-refractivity contribution in [1.29, 1.82) is 5.26 Å². The van der Waals surface area contributed by atoms with Gasteiger partial charge in [-0.1, -0.05) is 6.07 Å². The maximum absolute atomic E-state index is 11.9. The lowest BCUT2D eigenvalue weighted by Crippen LogP contribution is -2.14. The largest absolute Gasteiger partial charge is 0.320 e. The Hall–Kier alpha value is -2.61. The number of nitriles is 1. The number of rotatable bonds is 2. The lowest BCUT2D eigenvalue weighted by molar-refractivity contribution is 0.102. The van der Waals surface area contributed by atoms with Gasteiger partial charge in [-0.05, 0) is 30.7 Å². The number of nitrogens with one attached hydrogen (secondary N) is 1. The van der Waals surface area contributed by atoms with Crippen molar-refractivity contribution < 1.29 is 4.79 Å². The number of hydrogen-bond acceptors (Lipinski definition) is 3. The Bertz CT molecular complexity index is 637. The van der Waals surface area contributed by atoms with Crippen LogP contribution in [0, 0.1) is 18.3 Å². The van der Waals surface area contributed by atoms with Crippen LogP contribution < -0.4 is 5.32 Å². The van der Waals surface area contributed by atoms with E-state index in [0.29, 0.717) is 16.9 Å². The van der Waals surface area contributed by atoms with Gasteiger partial charge >= 0.3 is 0 Å². The van der Waals surface area contributed by atoms with Crippen molar-refractivity contribution in [3.63, 3.8) is 0 Å². The molecule has 18 heavy (non-hydrogen) atoms. The summed E-state index contributed by atoms with van der Waals surface area (Å²) in [6.45, 7) is 1.87. The summed E-state index contributed by atoms with van der Waals surface area (Å²) < 4.78 is 1.56. The Morgan fingerprint density at radius 2 is 2.22 bits per heavy atom. The molecule has 0 aliphatic carbocycles. The van der Waals surface area contributed by atoms with Crippen molar-refractivity contribution in [2.24, 2.45) is 7.05 Å². The van der Waals surface area contributed by atoms with Gasteiger partial charge in [0.05, 0.1) is 11.6 Å². The Labute approximate surface area is 105 Å². The van der Waals surface area contributed by atoms with Crippen LogP contribution in [0.2, 0.25) is 0 Å². The first-order valence-electron chi connectivity index (χ1n) is 5.42. The van der Waals surface area contributed by atoms with Crippen molar-refractivity contribution in [3.05, 3.63) is 47.3 Å². The van der Waals surface area contributed by atoms with E-state index < -0.39 is 0 Å². The fourth-order valence-corrected chi connectivity index (χ4v) is 1.55. The normalized spacial score (nSPS) is 9.83. The van der Waals surface area contributed by atoms with Crippen molar-refractivity contribution in [2.45, 2.75) is 6.92 Å². The molecular weight excluding hydrogens is 228 g/mol. The topological polar surface area (TPSA) is 70.7 Å². The lowest BCUT2D eigenvalue weighted by Gasteiger charge is -2.07. The van der Waals surface area contributed by atoms with Crippen LogP contribution in [0.15, 0.2) is 30.5 Å². The first-order chi connectivity index (χ1) is 8.60. The molecule has 1 N–H and O–H groups in total. The molecule has 0 spiro atoms. The molecule has 1 amide bonds. The van der Waals surface area contributed by atoms with Crippen LogP contribution in [0.5, 0.6) is 0 Å². The summed E-state index contributed by atoms with van der Waals surface area (Å²) in [4.78, 5) is 11.9. The number of amides is 1. The number of anilines is 1. The fourth-order valence-electron chi connectivity index (χ4n) is 1.55. The van der Waals surface area contributed by atoms with E-state index in [1.807, 2.05) is 13.0 Å². The molecule has 5 nitrogen and oxygen atoms in total. The molecule has 0 unspecified atom stereocenters. The van der Waals surface area contributed by atoms with Gasteiger partial charge in [-0.3, -0.25) is 9.48 Å². The molecule has 0 saturated carbocycles.